The lowest BCUT2D eigenvalue weighted by atomic mass is 10.0. The number of hydrogen-bond acceptors (Lipinski definition) is 5. The molecule has 1 aromatic rings. The number of rotatable bonds is 2. The molecular formula is C12H16N2O4. The van der Waals surface area contributed by atoms with Crippen LogP contribution in [0.15, 0.2) is 10.7 Å². The van der Waals surface area contributed by atoms with E-state index in [1.54, 1.807) is 6.92 Å². The predicted octanol–water partition coefficient (Wildman–Crippen LogP) is 1.15. The summed E-state index contributed by atoms with van der Waals surface area (Å²) in [6.45, 7) is 2.29. The molecule has 0 aliphatic carbocycles. The van der Waals surface area contributed by atoms with E-state index in [0.29, 0.717) is 18.5 Å². The standard InChI is InChI=1S/C12H16N2O4/c1-8-7-13-18-10(8)11(15)14-6-4-3-5-9(14)12(16)17-2/h7,9H,3-6H2,1-2H3/t9-/m1/s1. The molecule has 0 aromatic carbocycles. The average Bonchev–Trinajstić information content (AvgIpc) is 2.83. The highest BCUT2D eigenvalue weighted by Crippen LogP contribution is 2.21. The van der Waals surface area contributed by atoms with Gasteiger partial charge in [0.2, 0.25) is 5.76 Å². The van der Waals surface area contributed by atoms with Gasteiger partial charge in [-0.1, -0.05) is 5.16 Å². The Morgan fingerprint density at radius 3 is 2.89 bits per heavy atom. The molecule has 1 aliphatic rings. The van der Waals surface area contributed by atoms with Crippen LogP contribution < -0.4 is 0 Å². The van der Waals surface area contributed by atoms with E-state index in [4.69, 9.17) is 9.26 Å². The minimum atomic E-state index is -0.513. The highest BCUT2D eigenvalue weighted by molar-refractivity contribution is 5.95. The molecule has 0 bridgehead atoms. The van der Waals surface area contributed by atoms with Crippen molar-refractivity contribution >= 4 is 11.9 Å². The molecule has 0 N–H and O–H groups in total. The SMILES string of the molecule is COC(=O)[C@H]1CCCCN1C(=O)c1oncc1C. The molecule has 1 aromatic heterocycles. The van der Waals surface area contributed by atoms with Crippen LogP contribution in [-0.2, 0) is 9.53 Å². The zero-order chi connectivity index (χ0) is 13.1. The van der Waals surface area contributed by atoms with E-state index in [1.807, 2.05) is 0 Å². The molecule has 18 heavy (non-hydrogen) atoms. The quantitative estimate of drug-likeness (QED) is 0.738. The van der Waals surface area contributed by atoms with Gasteiger partial charge in [0.05, 0.1) is 13.3 Å². The summed E-state index contributed by atoms with van der Waals surface area (Å²) in [5, 5.41) is 3.59. The third kappa shape index (κ3) is 2.23. The Labute approximate surface area is 105 Å². The Hall–Kier alpha value is -1.85. The lowest BCUT2D eigenvalue weighted by molar-refractivity contribution is -0.147. The van der Waals surface area contributed by atoms with Crippen LogP contribution in [0.4, 0.5) is 0 Å². The van der Waals surface area contributed by atoms with Gasteiger partial charge < -0.3 is 14.2 Å². The van der Waals surface area contributed by atoms with Crippen molar-refractivity contribution in [2.24, 2.45) is 0 Å². The van der Waals surface area contributed by atoms with Crippen molar-refractivity contribution in [3.63, 3.8) is 0 Å². The van der Waals surface area contributed by atoms with Crippen LogP contribution in [0.2, 0.25) is 0 Å². The molecule has 0 radical (unpaired) electrons. The van der Waals surface area contributed by atoms with Crippen molar-refractivity contribution in [2.75, 3.05) is 13.7 Å². The number of hydrogen-bond donors (Lipinski definition) is 0. The smallest absolute Gasteiger partial charge is 0.328 e. The molecule has 2 rings (SSSR count). The molecule has 98 valence electrons. The predicted molar refractivity (Wildman–Crippen MR) is 61.9 cm³/mol. The van der Waals surface area contributed by atoms with Crippen molar-refractivity contribution in [3.05, 3.63) is 17.5 Å². The molecule has 0 unspecified atom stereocenters. The third-order valence-corrected chi connectivity index (χ3v) is 3.18. The summed E-state index contributed by atoms with van der Waals surface area (Å²) in [6, 6.07) is -0.513. The monoisotopic (exact) mass is 252 g/mol. The number of aryl methyl sites for hydroxylation is 1. The summed E-state index contributed by atoms with van der Waals surface area (Å²) < 4.78 is 9.69. The minimum absolute atomic E-state index is 0.200. The fourth-order valence-electron chi connectivity index (χ4n) is 2.18. The summed E-state index contributed by atoms with van der Waals surface area (Å²) in [6.07, 6.45) is 3.92. The first-order valence-corrected chi connectivity index (χ1v) is 5.95. The number of carbonyl (C=O) groups excluding carboxylic acids is 2. The highest BCUT2D eigenvalue weighted by atomic mass is 16.5. The molecule has 1 fully saturated rings. The normalized spacial score (nSPS) is 19.7. The van der Waals surface area contributed by atoms with Crippen LogP contribution in [0.1, 0.15) is 35.4 Å². The van der Waals surface area contributed by atoms with Gasteiger partial charge in [0.15, 0.2) is 0 Å². The van der Waals surface area contributed by atoms with Crippen LogP contribution in [-0.4, -0.2) is 41.6 Å². The van der Waals surface area contributed by atoms with Gasteiger partial charge in [-0.15, -0.1) is 0 Å². The van der Waals surface area contributed by atoms with Gasteiger partial charge in [0.25, 0.3) is 5.91 Å². The maximum absolute atomic E-state index is 12.3. The van der Waals surface area contributed by atoms with E-state index in [9.17, 15) is 9.59 Å². The molecule has 1 saturated heterocycles. The van der Waals surface area contributed by atoms with Crippen LogP contribution >= 0.6 is 0 Å². The van der Waals surface area contributed by atoms with E-state index in [2.05, 4.69) is 5.16 Å². The number of ether oxygens (including phenoxy) is 1. The molecule has 1 aliphatic heterocycles. The second-order valence-corrected chi connectivity index (χ2v) is 4.37. The van der Waals surface area contributed by atoms with Crippen molar-refractivity contribution < 1.29 is 18.8 Å². The van der Waals surface area contributed by atoms with E-state index < -0.39 is 6.04 Å². The molecule has 2 heterocycles. The van der Waals surface area contributed by atoms with Gasteiger partial charge in [-0.2, -0.15) is 0 Å². The average molecular weight is 252 g/mol. The molecule has 0 saturated carbocycles. The summed E-state index contributed by atoms with van der Waals surface area (Å²) in [5.74, 6) is -0.467. The van der Waals surface area contributed by atoms with Crippen LogP contribution in [0.5, 0.6) is 0 Å². The van der Waals surface area contributed by atoms with Gasteiger partial charge in [0.1, 0.15) is 6.04 Å². The molecule has 6 heteroatoms. The Bertz CT molecular complexity index is 455. The number of amides is 1. The fourth-order valence-corrected chi connectivity index (χ4v) is 2.18. The van der Waals surface area contributed by atoms with E-state index in [0.717, 1.165) is 12.8 Å². The molecule has 6 nitrogen and oxygen atoms in total. The van der Waals surface area contributed by atoms with Crippen molar-refractivity contribution in [1.29, 1.82) is 0 Å². The fraction of sp³-hybridized carbons (Fsp3) is 0.583. The number of piperidine rings is 1. The number of likely N-dealkylation sites (tertiary alicyclic amines) is 1. The minimum Gasteiger partial charge on any atom is -0.467 e. The van der Waals surface area contributed by atoms with Gasteiger partial charge in [-0.25, -0.2) is 4.79 Å². The van der Waals surface area contributed by atoms with Gasteiger partial charge in [-0.05, 0) is 26.2 Å². The van der Waals surface area contributed by atoms with E-state index >= 15 is 0 Å². The number of esters is 1. The number of carbonyl (C=O) groups is 2. The first-order chi connectivity index (χ1) is 8.65. The van der Waals surface area contributed by atoms with E-state index in [-0.39, 0.29) is 17.6 Å². The maximum Gasteiger partial charge on any atom is 0.328 e. The van der Waals surface area contributed by atoms with Crippen molar-refractivity contribution in [2.45, 2.75) is 32.2 Å². The summed E-state index contributed by atoms with van der Waals surface area (Å²) >= 11 is 0. The van der Waals surface area contributed by atoms with Crippen molar-refractivity contribution in [3.8, 4) is 0 Å². The summed E-state index contributed by atoms with van der Waals surface area (Å²) in [5.41, 5.74) is 0.675. The molecule has 1 amide bonds. The largest absolute Gasteiger partial charge is 0.467 e. The van der Waals surface area contributed by atoms with Gasteiger partial charge >= 0.3 is 5.97 Å². The summed E-state index contributed by atoms with van der Waals surface area (Å²) in [7, 11) is 1.33. The zero-order valence-corrected chi connectivity index (χ0v) is 10.5. The van der Waals surface area contributed by atoms with Crippen molar-refractivity contribution in [1.82, 2.24) is 10.1 Å². The summed E-state index contributed by atoms with van der Waals surface area (Å²) in [4.78, 5) is 25.5. The Morgan fingerprint density at radius 1 is 1.50 bits per heavy atom. The zero-order valence-electron chi connectivity index (χ0n) is 10.5. The Kier molecular flexibility index (Phi) is 3.64. The van der Waals surface area contributed by atoms with Gasteiger partial charge in [0, 0.05) is 12.1 Å². The first kappa shape index (κ1) is 12.6. The molecule has 0 spiro atoms. The maximum atomic E-state index is 12.3. The number of methoxy groups -OCH3 is 1. The lowest BCUT2D eigenvalue weighted by Crippen LogP contribution is -2.48. The Balaban J connectivity index is 2.21. The van der Waals surface area contributed by atoms with Gasteiger partial charge in [-0.3, -0.25) is 4.79 Å². The topological polar surface area (TPSA) is 72.6 Å². The first-order valence-electron chi connectivity index (χ1n) is 5.95. The second-order valence-electron chi connectivity index (χ2n) is 4.37. The van der Waals surface area contributed by atoms with E-state index in [1.165, 1.54) is 18.2 Å². The van der Waals surface area contributed by atoms with Crippen LogP contribution in [0.3, 0.4) is 0 Å². The van der Waals surface area contributed by atoms with Crippen LogP contribution in [0.25, 0.3) is 0 Å². The highest BCUT2D eigenvalue weighted by Gasteiger charge is 2.35. The molecule has 1 atom stereocenters. The lowest BCUT2D eigenvalue weighted by Gasteiger charge is -2.33. The third-order valence-electron chi connectivity index (χ3n) is 3.18. The van der Waals surface area contributed by atoms with Crippen LogP contribution in [0, 0.1) is 6.92 Å². The Morgan fingerprint density at radius 2 is 2.28 bits per heavy atom. The number of nitrogens with zero attached hydrogens (tertiary/aromatic N) is 2. The second kappa shape index (κ2) is 5.20. The molecular weight excluding hydrogens is 236 g/mol. The number of aromatic nitrogens is 1.